The molecule has 0 N–H and O–H groups in total. The van der Waals surface area contributed by atoms with Crippen LogP contribution in [-0.4, -0.2) is 27.5 Å². The minimum Gasteiger partial charge on any atom is -0.296 e. The van der Waals surface area contributed by atoms with Crippen LogP contribution >= 0.6 is 0 Å². The summed E-state index contributed by atoms with van der Waals surface area (Å²) in [5.74, 6) is 0. The van der Waals surface area contributed by atoms with Crippen molar-refractivity contribution in [2.75, 3.05) is 0 Å². The molecule has 1 atom stereocenters. The zero-order valence-corrected chi connectivity index (χ0v) is 6.07. The van der Waals surface area contributed by atoms with Gasteiger partial charge in [0.25, 0.3) is 0 Å². The van der Waals surface area contributed by atoms with Gasteiger partial charge in [0, 0.05) is 0 Å². The Kier molecular flexibility index (Phi) is 2.30. The molecule has 11 heavy (non-hydrogen) atoms. The molecule has 5 heteroatoms. The Morgan fingerprint density at radius 2 is 2.64 bits per heavy atom. The van der Waals surface area contributed by atoms with Crippen molar-refractivity contribution in [3.8, 4) is 0 Å². The van der Waals surface area contributed by atoms with E-state index in [1.54, 1.807) is 0 Å². The molecule has 4 nitrogen and oxygen atoms in total. The van der Waals surface area contributed by atoms with E-state index in [1.807, 2.05) is 0 Å². The molecular formula is C6H8FN3O. The third-order valence-electron chi connectivity index (χ3n) is 1.19. The van der Waals surface area contributed by atoms with Crippen LogP contribution in [0.3, 0.4) is 0 Å². The van der Waals surface area contributed by atoms with Gasteiger partial charge < -0.3 is 0 Å². The predicted octanol–water partition coefficient (Wildman–Crippen LogP) is 0.449. The molecule has 0 aliphatic carbocycles. The van der Waals surface area contributed by atoms with Crippen LogP contribution in [0.4, 0.5) is 4.39 Å². The monoisotopic (exact) mass is 157 g/mol. The highest BCUT2D eigenvalue weighted by Crippen LogP contribution is 1.96. The number of hydrogen-bond acceptors (Lipinski definition) is 3. The smallest absolute Gasteiger partial charge is 0.169 e. The number of alkyl halides is 1. The summed E-state index contributed by atoms with van der Waals surface area (Å²) in [6.45, 7) is 1.48. The topological polar surface area (TPSA) is 47.8 Å². The number of rotatable bonds is 3. The van der Waals surface area contributed by atoms with Crippen LogP contribution in [0.1, 0.15) is 17.4 Å². The van der Waals surface area contributed by atoms with Gasteiger partial charge in [-0.25, -0.2) is 9.07 Å². The van der Waals surface area contributed by atoms with Crippen molar-refractivity contribution in [3.63, 3.8) is 0 Å². The number of halogens is 1. The number of carbonyl (C=O) groups is 1. The summed E-state index contributed by atoms with van der Waals surface area (Å²) in [4.78, 5) is 10.2. The van der Waals surface area contributed by atoms with E-state index in [0.29, 0.717) is 12.0 Å². The standard InChI is InChI=1S/C6H8FN3O/c1-5(7)3-10-6(4-11)2-8-9-10/h2,4-5H,3H2,1H3. The van der Waals surface area contributed by atoms with E-state index in [1.165, 1.54) is 17.8 Å². The van der Waals surface area contributed by atoms with Crippen molar-refractivity contribution in [2.45, 2.75) is 19.6 Å². The van der Waals surface area contributed by atoms with Crippen LogP contribution in [0.2, 0.25) is 0 Å². The van der Waals surface area contributed by atoms with Gasteiger partial charge in [-0.3, -0.25) is 4.79 Å². The first kappa shape index (κ1) is 7.84. The normalized spacial score (nSPS) is 12.9. The number of nitrogens with zero attached hydrogens (tertiary/aromatic N) is 3. The molecule has 1 aromatic heterocycles. The van der Waals surface area contributed by atoms with Crippen LogP contribution < -0.4 is 0 Å². The van der Waals surface area contributed by atoms with Gasteiger partial charge in [0.15, 0.2) is 6.29 Å². The second-order valence-electron chi connectivity index (χ2n) is 2.24. The lowest BCUT2D eigenvalue weighted by Gasteiger charge is -2.01. The van der Waals surface area contributed by atoms with Crippen LogP contribution in [-0.2, 0) is 6.54 Å². The Hall–Kier alpha value is -1.26. The number of hydrogen-bond donors (Lipinski definition) is 0. The highest BCUT2D eigenvalue weighted by atomic mass is 19.1. The van der Waals surface area contributed by atoms with Gasteiger partial charge >= 0.3 is 0 Å². The second-order valence-corrected chi connectivity index (χ2v) is 2.24. The SMILES string of the molecule is CC(F)Cn1nncc1C=O. The number of aldehydes is 1. The lowest BCUT2D eigenvalue weighted by molar-refractivity contribution is 0.111. The molecular weight excluding hydrogens is 149 g/mol. The Bertz CT molecular complexity index is 246. The van der Waals surface area contributed by atoms with Crippen LogP contribution in [0.25, 0.3) is 0 Å². The largest absolute Gasteiger partial charge is 0.296 e. The fourth-order valence-corrected chi connectivity index (χ4v) is 0.737. The number of carbonyl (C=O) groups excluding carboxylic acids is 1. The lowest BCUT2D eigenvalue weighted by Crippen LogP contribution is -2.11. The minimum atomic E-state index is -1.02. The van der Waals surface area contributed by atoms with E-state index in [0.717, 1.165) is 0 Å². The third-order valence-corrected chi connectivity index (χ3v) is 1.19. The second kappa shape index (κ2) is 3.23. The quantitative estimate of drug-likeness (QED) is 0.598. The Morgan fingerprint density at radius 3 is 3.18 bits per heavy atom. The van der Waals surface area contributed by atoms with Gasteiger partial charge in [-0.05, 0) is 6.92 Å². The van der Waals surface area contributed by atoms with E-state index in [2.05, 4.69) is 10.3 Å². The Morgan fingerprint density at radius 1 is 1.91 bits per heavy atom. The van der Waals surface area contributed by atoms with Crippen molar-refractivity contribution >= 4 is 6.29 Å². The van der Waals surface area contributed by atoms with Crippen molar-refractivity contribution in [2.24, 2.45) is 0 Å². The van der Waals surface area contributed by atoms with E-state index in [9.17, 15) is 9.18 Å². The first-order valence-electron chi connectivity index (χ1n) is 3.21. The molecule has 1 rings (SSSR count). The van der Waals surface area contributed by atoms with E-state index >= 15 is 0 Å². The Balaban J connectivity index is 2.76. The van der Waals surface area contributed by atoms with Gasteiger partial charge in [0.1, 0.15) is 11.9 Å². The third kappa shape index (κ3) is 1.83. The molecule has 0 saturated carbocycles. The molecule has 60 valence electrons. The molecule has 0 radical (unpaired) electrons. The van der Waals surface area contributed by atoms with Crippen molar-refractivity contribution < 1.29 is 9.18 Å². The molecule has 0 aliphatic rings. The van der Waals surface area contributed by atoms with Gasteiger partial charge in [0.05, 0.1) is 12.7 Å². The van der Waals surface area contributed by atoms with E-state index in [-0.39, 0.29) is 6.54 Å². The fourth-order valence-electron chi connectivity index (χ4n) is 0.737. The summed E-state index contributed by atoms with van der Waals surface area (Å²) in [7, 11) is 0. The van der Waals surface area contributed by atoms with Gasteiger partial charge in [0.2, 0.25) is 0 Å². The zero-order chi connectivity index (χ0) is 8.27. The molecule has 1 unspecified atom stereocenters. The van der Waals surface area contributed by atoms with Crippen molar-refractivity contribution in [3.05, 3.63) is 11.9 Å². The van der Waals surface area contributed by atoms with Crippen LogP contribution in [0.5, 0.6) is 0 Å². The highest BCUT2D eigenvalue weighted by Gasteiger charge is 2.05. The zero-order valence-electron chi connectivity index (χ0n) is 6.07. The number of aromatic nitrogens is 3. The molecule has 0 fully saturated rings. The summed E-state index contributed by atoms with van der Waals surface area (Å²) >= 11 is 0. The summed E-state index contributed by atoms with van der Waals surface area (Å²) in [5, 5.41) is 6.98. The highest BCUT2D eigenvalue weighted by molar-refractivity contribution is 5.71. The lowest BCUT2D eigenvalue weighted by atomic mass is 10.4. The first-order chi connectivity index (χ1) is 5.24. The van der Waals surface area contributed by atoms with E-state index in [4.69, 9.17) is 0 Å². The van der Waals surface area contributed by atoms with Gasteiger partial charge in [-0.15, -0.1) is 5.10 Å². The maximum absolute atomic E-state index is 12.4. The summed E-state index contributed by atoms with van der Waals surface area (Å²) in [6, 6.07) is 0. The molecule has 0 amide bonds. The molecule has 0 spiro atoms. The molecule has 1 heterocycles. The van der Waals surface area contributed by atoms with Gasteiger partial charge in [-0.2, -0.15) is 0 Å². The van der Waals surface area contributed by atoms with E-state index < -0.39 is 6.17 Å². The summed E-state index contributed by atoms with van der Waals surface area (Å²) in [6.07, 6.45) is 0.882. The minimum absolute atomic E-state index is 0.0775. The van der Waals surface area contributed by atoms with Crippen molar-refractivity contribution in [1.29, 1.82) is 0 Å². The first-order valence-corrected chi connectivity index (χ1v) is 3.21. The molecule has 0 bridgehead atoms. The summed E-state index contributed by atoms with van der Waals surface area (Å²) in [5.41, 5.74) is 0.300. The molecule has 0 aromatic carbocycles. The van der Waals surface area contributed by atoms with Crippen LogP contribution in [0, 0.1) is 0 Å². The molecule has 0 saturated heterocycles. The van der Waals surface area contributed by atoms with Gasteiger partial charge in [-0.1, -0.05) is 5.21 Å². The predicted molar refractivity (Wildman–Crippen MR) is 36.0 cm³/mol. The van der Waals surface area contributed by atoms with Crippen LogP contribution in [0.15, 0.2) is 6.20 Å². The average Bonchev–Trinajstić information content (AvgIpc) is 2.34. The molecule has 1 aromatic rings. The Labute approximate surface area is 63.0 Å². The fraction of sp³-hybridized carbons (Fsp3) is 0.500. The summed E-state index contributed by atoms with van der Waals surface area (Å²) < 4.78 is 13.6. The average molecular weight is 157 g/mol. The maximum Gasteiger partial charge on any atom is 0.169 e. The maximum atomic E-state index is 12.4. The molecule has 0 aliphatic heterocycles. The van der Waals surface area contributed by atoms with Crippen molar-refractivity contribution in [1.82, 2.24) is 15.0 Å².